The predicted octanol–water partition coefficient (Wildman–Crippen LogP) is 2.49. The first kappa shape index (κ1) is 18.0. The Morgan fingerprint density at radius 3 is 2.50 bits per heavy atom. The number of ether oxygens (including phenoxy) is 1. The molecule has 1 N–H and O–H groups in total. The normalized spacial score (nSPS) is 11.5. The van der Waals surface area contributed by atoms with Crippen molar-refractivity contribution >= 4 is 21.6 Å². The smallest absolute Gasteiger partial charge is 0.291 e. The third-order valence-corrected chi connectivity index (χ3v) is 5.06. The fourth-order valence-corrected chi connectivity index (χ4v) is 3.06. The molecule has 1 aromatic carbocycles. The van der Waals surface area contributed by atoms with Crippen LogP contribution in [0.4, 0.5) is 5.69 Å². The maximum atomic E-state index is 12.5. The standard InChI is InChI=1S/C16H20N2O5S/c1-5-22-13-9-7-12(10-15(13)24(20,21)18(3)4)17-16(19)14-8-6-11(2)23-14/h6-10H,5H2,1-4H3,(H,17,19). The van der Waals surface area contributed by atoms with Gasteiger partial charge in [0.15, 0.2) is 5.76 Å². The number of rotatable bonds is 6. The number of hydrogen-bond acceptors (Lipinski definition) is 5. The van der Waals surface area contributed by atoms with Crippen LogP contribution in [0, 0.1) is 6.92 Å². The molecule has 1 amide bonds. The number of nitrogens with one attached hydrogen (secondary N) is 1. The first-order valence-corrected chi connectivity index (χ1v) is 8.77. The van der Waals surface area contributed by atoms with E-state index in [9.17, 15) is 13.2 Å². The number of benzene rings is 1. The lowest BCUT2D eigenvalue weighted by Gasteiger charge is -2.16. The summed E-state index contributed by atoms with van der Waals surface area (Å²) >= 11 is 0. The van der Waals surface area contributed by atoms with Gasteiger partial charge in [-0.25, -0.2) is 12.7 Å². The Morgan fingerprint density at radius 1 is 1.25 bits per heavy atom. The summed E-state index contributed by atoms with van der Waals surface area (Å²) in [4.78, 5) is 12.1. The van der Waals surface area contributed by atoms with Gasteiger partial charge in [-0.2, -0.15) is 0 Å². The van der Waals surface area contributed by atoms with E-state index in [0.29, 0.717) is 18.1 Å². The molecule has 0 aliphatic heterocycles. The van der Waals surface area contributed by atoms with Crippen molar-refractivity contribution in [2.75, 3.05) is 26.0 Å². The molecule has 7 nitrogen and oxygen atoms in total. The van der Waals surface area contributed by atoms with Gasteiger partial charge in [0.2, 0.25) is 10.0 Å². The van der Waals surface area contributed by atoms with Crippen molar-refractivity contribution in [3.8, 4) is 5.75 Å². The molecule has 0 radical (unpaired) electrons. The molecule has 130 valence electrons. The average molecular weight is 352 g/mol. The quantitative estimate of drug-likeness (QED) is 0.863. The summed E-state index contributed by atoms with van der Waals surface area (Å²) in [6, 6.07) is 7.69. The second kappa shape index (κ2) is 7.06. The number of aryl methyl sites for hydroxylation is 1. The van der Waals surface area contributed by atoms with Crippen LogP contribution >= 0.6 is 0 Å². The highest BCUT2D eigenvalue weighted by Gasteiger charge is 2.23. The summed E-state index contributed by atoms with van der Waals surface area (Å²) in [6.07, 6.45) is 0. The summed E-state index contributed by atoms with van der Waals surface area (Å²) < 4.78 is 36.6. The van der Waals surface area contributed by atoms with E-state index in [-0.39, 0.29) is 16.4 Å². The van der Waals surface area contributed by atoms with Crippen LogP contribution in [0.3, 0.4) is 0 Å². The lowest BCUT2D eigenvalue weighted by Crippen LogP contribution is -2.23. The summed E-state index contributed by atoms with van der Waals surface area (Å²) in [5.74, 6) is 0.541. The van der Waals surface area contributed by atoms with E-state index in [4.69, 9.17) is 9.15 Å². The van der Waals surface area contributed by atoms with Gasteiger partial charge in [0.05, 0.1) is 6.61 Å². The number of hydrogen-bond donors (Lipinski definition) is 1. The van der Waals surface area contributed by atoms with Crippen LogP contribution in [-0.4, -0.2) is 39.3 Å². The molecule has 2 aromatic rings. The molecule has 0 aliphatic rings. The van der Waals surface area contributed by atoms with E-state index in [0.717, 1.165) is 4.31 Å². The Hall–Kier alpha value is -2.32. The largest absolute Gasteiger partial charge is 0.492 e. The molecular weight excluding hydrogens is 332 g/mol. The average Bonchev–Trinajstić information content (AvgIpc) is 2.95. The SMILES string of the molecule is CCOc1ccc(NC(=O)c2ccc(C)o2)cc1S(=O)(=O)N(C)C. The van der Waals surface area contributed by atoms with Gasteiger partial charge in [0.25, 0.3) is 5.91 Å². The van der Waals surface area contributed by atoms with Gasteiger partial charge >= 0.3 is 0 Å². The Kier molecular flexibility index (Phi) is 5.30. The van der Waals surface area contributed by atoms with Crippen LogP contribution in [0.5, 0.6) is 5.75 Å². The Balaban J connectivity index is 2.37. The molecule has 0 saturated carbocycles. The second-order valence-electron chi connectivity index (χ2n) is 5.25. The van der Waals surface area contributed by atoms with E-state index in [1.807, 2.05) is 0 Å². The molecule has 0 saturated heterocycles. The molecule has 8 heteroatoms. The maximum absolute atomic E-state index is 12.5. The molecule has 0 atom stereocenters. The minimum Gasteiger partial charge on any atom is -0.492 e. The van der Waals surface area contributed by atoms with Crippen LogP contribution in [0.25, 0.3) is 0 Å². The van der Waals surface area contributed by atoms with Crippen LogP contribution in [0.1, 0.15) is 23.2 Å². The first-order chi connectivity index (χ1) is 11.3. The van der Waals surface area contributed by atoms with Crippen LogP contribution in [0.15, 0.2) is 39.6 Å². The number of furan rings is 1. The van der Waals surface area contributed by atoms with Crippen molar-refractivity contribution < 1.29 is 22.4 Å². The highest BCUT2D eigenvalue weighted by atomic mass is 32.2. The van der Waals surface area contributed by atoms with Gasteiger partial charge in [0.1, 0.15) is 16.4 Å². The van der Waals surface area contributed by atoms with Crippen LogP contribution in [0.2, 0.25) is 0 Å². The zero-order valence-electron chi connectivity index (χ0n) is 14.0. The minimum absolute atomic E-state index is 0.0113. The highest BCUT2D eigenvalue weighted by molar-refractivity contribution is 7.89. The van der Waals surface area contributed by atoms with E-state index >= 15 is 0 Å². The monoisotopic (exact) mass is 352 g/mol. The van der Waals surface area contributed by atoms with Crippen LogP contribution < -0.4 is 10.1 Å². The Morgan fingerprint density at radius 2 is 1.96 bits per heavy atom. The summed E-state index contributed by atoms with van der Waals surface area (Å²) in [5, 5.41) is 2.62. The summed E-state index contributed by atoms with van der Waals surface area (Å²) in [7, 11) is -0.850. The van der Waals surface area contributed by atoms with E-state index in [1.54, 1.807) is 32.0 Å². The topological polar surface area (TPSA) is 88.8 Å². The van der Waals surface area contributed by atoms with E-state index in [1.165, 1.54) is 26.2 Å². The van der Waals surface area contributed by atoms with Crippen molar-refractivity contribution in [3.63, 3.8) is 0 Å². The van der Waals surface area contributed by atoms with Gasteiger partial charge < -0.3 is 14.5 Å². The molecule has 0 spiro atoms. The van der Waals surface area contributed by atoms with Crippen molar-refractivity contribution in [2.24, 2.45) is 0 Å². The maximum Gasteiger partial charge on any atom is 0.291 e. The lowest BCUT2D eigenvalue weighted by molar-refractivity contribution is 0.0995. The van der Waals surface area contributed by atoms with Crippen molar-refractivity contribution in [3.05, 3.63) is 41.9 Å². The molecule has 1 aromatic heterocycles. The van der Waals surface area contributed by atoms with Gasteiger partial charge in [-0.15, -0.1) is 0 Å². The molecule has 0 unspecified atom stereocenters. The number of sulfonamides is 1. The Bertz CT molecular complexity index is 840. The van der Waals surface area contributed by atoms with E-state index in [2.05, 4.69) is 5.32 Å². The van der Waals surface area contributed by atoms with Crippen molar-refractivity contribution in [1.82, 2.24) is 4.31 Å². The second-order valence-corrected chi connectivity index (χ2v) is 7.37. The number of nitrogens with zero attached hydrogens (tertiary/aromatic N) is 1. The van der Waals surface area contributed by atoms with E-state index < -0.39 is 15.9 Å². The van der Waals surface area contributed by atoms with Gasteiger partial charge in [0, 0.05) is 19.8 Å². The molecule has 1 heterocycles. The Labute approximate surface area is 141 Å². The molecule has 0 bridgehead atoms. The summed E-state index contributed by atoms with van der Waals surface area (Å²) in [6.45, 7) is 3.82. The third-order valence-electron chi connectivity index (χ3n) is 3.22. The van der Waals surface area contributed by atoms with Gasteiger partial charge in [-0.1, -0.05) is 0 Å². The molecule has 2 rings (SSSR count). The van der Waals surface area contributed by atoms with Gasteiger partial charge in [-0.3, -0.25) is 4.79 Å². The molecule has 0 fully saturated rings. The van der Waals surface area contributed by atoms with Gasteiger partial charge in [-0.05, 0) is 44.2 Å². The third kappa shape index (κ3) is 3.77. The zero-order valence-corrected chi connectivity index (χ0v) is 14.8. The molecule has 0 aliphatic carbocycles. The van der Waals surface area contributed by atoms with Crippen molar-refractivity contribution in [1.29, 1.82) is 0 Å². The lowest BCUT2D eigenvalue weighted by atomic mass is 10.3. The zero-order chi connectivity index (χ0) is 17.9. The number of carbonyl (C=O) groups excluding carboxylic acids is 1. The number of amides is 1. The molecular formula is C16H20N2O5S. The minimum atomic E-state index is -3.71. The molecule has 24 heavy (non-hydrogen) atoms. The summed E-state index contributed by atoms with van der Waals surface area (Å²) in [5.41, 5.74) is 0.331. The highest BCUT2D eigenvalue weighted by Crippen LogP contribution is 2.29. The predicted molar refractivity (Wildman–Crippen MR) is 89.9 cm³/mol. The van der Waals surface area contributed by atoms with Crippen molar-refractivity contribution in [2.45, 2.75) is 18.7 Å². The fourth-order valence-electron chi connectivity index (χ4n) is 2.01. The number of carbonyl (C=O) groups is 1. The number of anilines is 1. The fraction of sp³-hybridized carbons (Fsp3) is 0.312. The first-order valence-electron chi connectivity index (χ1n) is 7.33. The van der Waals surface area contributed by atoms with Crippen LogP contribution in [-0.2, 0) is 10.0 Å².